The molecule has 0 aliphatic carbocycles. The molecule has 1 aliphatic heterocycles. The summed E-state index contributed by atoms with van der Waals surface area (Å²) in [5, 5.41) is 2.95. The lowest BCUT2D eigenvalue weighted by Crippen LogP contribution is -2.44. The summed E-state index contributed by atoms with van der Waals surface area (Å²) in [7, 11) is 0. The van der Waals surface area contributed by atoms with Crippen LogP contribution in [0.2, 0.25) is 0 Å². The zero-order valence-electron chi connectivity index (χ0n) is 9.63. The molecule has 1 rings (SSSR count). The van der Waals surface area contributed by atoms with Crippen molar-refractivity contribution in [2.75, 3.05) is 12.5 Å². The first-order chi connectivity index (χ1) is 7.06. The highest BCUT2D eigenvalue weighted by atomic mass is 35.5. The maximum atomic E-state index is 11.8. The van der Waals surface area contributed by atoms with Crippen LogP contribution in [0.25, 0.3) is 0 Å². The summed E-state index contributed by atoms with van der Waals surface area (Å²) in [4.78, 5) is 11.8. The Morgan fingerprint density at radius 3 is 2.73 bits per heavy atom. The summed E-state index contributed by atoms with van der Waals surface area (Å²) in [6.07, 6.45) is 0.701. The lowest BCUT2D eigenvalue weighted by Gasteiger charge is -2.22. The number of nitrogens with one attached hydrogen (secondary N) is 1. The van der Waals surface area contributed by atoms with Crippen LogP contribution in [0.5, 0.6) is 0 Å². The third-order valence-corrected chi connectivity index (χ3v) is 3.60. The van der Waals surface area contributed by atoms with Gasteiger partial charge in [-0.15, -0.1) is 11.6 Å². The number of ether oxygens (including phenoxy) is 1. The number of alkyl halides is 1. The molecule has 1 aliphatic rings. The van der Waals surface area contributed by atoms with Crippen molar-refractivity contribution < 1.29 is 9.53 Å². The Balaban J connectivity index is 2.41. The number of amides is 1. The SMILES string of the molecule is CC(CCl)C(C)NC(=O)C1OCCC1C. The molecule has 0 saturated carbocycles. The summed E-state index contributed by atoms with van der Waals surface area (Å²) < 4.78 is 5.40. The highest BCUT2D eigenvalue weighted by Gasteiger charge is 2.31. The van der Waals surface area contributed by atoms with Gasteiger partial charge in [-0.05, 0) is 25.2 Å². The molecule has 1 N–H and O–H groups in total. The summed E-state index contributed by atoms with van der Waals surface area (Å²) >= 11 is 5.74. The number of hydrogen-bond donors (Lipinski definition) is 1. The van der Waals surface area contributed by atoms with Crippen molar-refractivity contribution in [3.8, 4) is 0 Å². The first-order valence-corrected chi connectivity index (χ1v) is 6.07. The van der Waals surface area contributed by atoms with Gasteiger partial charge in [0, 0.05) is 18.5 Å². The fraction of sp³-hybridized carbons (Fsp3) is 0.909. The Kier molecular flexibility index (Phi) is 4.87. The van der Waals surface area contributed by atoms with Gasteiger partial charge in [0.15, 0.2) is 0 Å². The molecule has 1 saturated heterocycles. The van der Waals surface area contributed by atoms with E-state index in [9.17, 15) is 4.79 Å². The van der Waals surface area contributed by atoms with Crippen LogP contribution in [-0.2, 0) is 9.53 Å². The van der Waals surface area contributed by atoms with E-state index >= 15 is 0 Å². The van der Waals surface area contributed by atoms with Gasteiger partial charge < -0.3 is 10.1 Å². The fourth-order valence-electron chi connectivity index (χ4n) is 1.61. The molecule has 0 spiro atoms. The average Bonchev–Trinajstić information content (AvgIpc) is 2.63. The van der Waals surface area contributed by atoms with Crippen LogP contribution < -0.4 is 5.32 Å². The molecule has 4 atom stereocenters. The molecule has 0 aromatic rings. The molecule has 1 amide bonds. The molecule has 88 valence electrons. The summed E-state index contributed by atoms with van der Waals surface area (Å²) in [5.41, 5.74) is 0. The van der Waals surface area contributed by atoms with E-state index in [0.29, 0.717) is 18.4 Å². The Bertz CT molecular complexity index is 223. The number of carbonyl (C=O) groups is 1. The first kappa shape index (κ1) is 12.8. The summed E-state index contributed by atoms with van der Waals surface area (Å²) in [5.74, 6) is 1.17. The molecule has 0 radical (unpaired) electrons. The summed E-state index contributed by atoms with van der Waals surface area (Å²) in [6.45, 7) is 6.74. The van der Waals surface area contributed by atoms with Gasteiger partial charge in [0.1, 0.15) is 6.10 Å². The average molecular weight is 234 g/mol. The quantitative estimate of drug-likeness (QED) is 0.752. The minimum atomic E-state index is -0.269. The Hall–Kier alpha value is -0.280. The summed E-state index contributed by atoms with van der Waals surface area (Å²) in [6, 6.07) is 0.103. The van der Waals surface area contributed by atoms with Gasteiger partial charge in [-0.1, -0.05) is 13.8 Å². The van der Waals surface area contributed by atoms with Gasteiger partial charge in [-0.2, -0.15) is 0 Å². The Morgan fingerprint density at radius 1 is 1.60 bits per heavy atom. The van der Waals surface area contributed by atoms with Crippen LogP contribution in [0.1, 0.15) is 27.2 Å². The van der Waals surface area contributed by atoms with Gasteiger partial charge in [0.05, 0.1) is 0 Å². The molecular formula is C11H20ClNO2. The third kappa shape index (κ3) is 3.35. The molecule has 3 nitrogen and oxygen atoms in total. The van der Waals surface area contributed by atoms with E-state index in [0.717, 1.165) is 6.42 Å². The van der Waals surface area contributed by atoms with Crippen molar-refractivity contribution in [1.82, 2.24) is 5.32 Å². The van der Waals surface area contributed by atoms with E-state index < -0.39 is 0 Å². The van der Waals surface area contributed by atoms with Crippen molar-refractivity contribution in [3.63, 3.8) is 0 Å². The second-order valence-corrected chi connectivity index (χ2v) is 4.79. The van der Waals surface area contributed by atoms with E-state index in [1.807, 2.05) is 20.8 Å². The smallest absolute Gasteiger partial charge is 0.249 e. The predicted molar refractivity (Wildman–Crippen MR) is 61.0 cm³/mol. The number of rotatable bonds is 4. The lowest BCUT2D eigenvalue weighted by molar-refractivity contribution is -0.132. The second kappa shape index (κ2) is 5.71. The molecule has 4 unspecified atom stereocenters. The fourth-order valence-corrected chi connectivity index (χ4v) is 1.88. The van der Waals surface area contributed by atoms with E-state index in [1.165, 1.54) is 0 Å². The van der Waals surface area contributed by atoms with Gasteiger partial charge in [0.25, 0.3) is 0 Å². The second-order valence-electron chi connectivity index (χ2n) is 4.49. The monoisotopic (exact) mass is 233 g/mol. The Morgan fingerprint density at radius 2 is 2.27 bits per heavy atom. The molecule has 0 aromatic carbocycles. The van der Waals surface area contributed by atoms with E-state index in [4.69, 9.17) is 16.3 Å². The maximum absolute atomic E-state index is 11.8. The van der Waals surface area contributed by atoms with E-state index in [-0.39, 0.29) is 24.0 Å². The third-order valence-electron chi connectivity index (χ3n) is 3.11. The molecule has 15 heavy (non-hydrogen) atoms. The van der Waals surface area contributed by atoms with Gasteiger partial charge in [-0.3, -0.25) is 4.79 Å². The van der Waals surface area contributed by atoms with Crippen LogP contribution in [0.15, 0.2) is 0 Å². The predicted octanol–water partition coefficient (Wildman–Crippen LogP) is 1.79. The van der Waals surface area contributed by atoms with Crippen molar-refractivity contribution in [2.24, 2.45) is 11.8 Å². The molecule has 4 heteroatoms. The van der Waals surface area contributed by atoms with Crippen LogP contribution in [0.3, 0.4) is 0 Å². The molecule has 1 fully saturated rings. The zero-order valence-corrected chi connectivity index (χ0v) is 10.4. The number of halogens is 1. The molecule has 0 bridgehead atoms. The zero-order chi connectivity index (χ0) is 11.4. The largest absolute Gasteiger partial charge is 0.368 e. The maximum Gasteiger partial charge on any atom is 0.249 e. The van der Waals surface area contributed by atoms with Gasteiger partial charge in [-0.25, -0.2) is 0 Å². The van der Waals surface area contributed by atoms with Gasteiger partial charge in [0.2, 0.25) is 5.91 Å². The van der Waals surface area contributed by atoms with E-state index in [1.54, 1.807) is 0 Å². The van der Waals surface area contributed by atoms with Crippen LogP contribution >= 0.6 is 11.6 Å². The van der Waals surface area contributed by atoms with Crippen LogP contribution in [0.4, 0.5) is 0 Å². The van der Waals surface area contributed by atoms with Crippen molar-refractivity contribution in [2.45, 2.75) is 39.3 Å². The molecule has 0 aromatic heterocycles. The van der Waals surface area contributed by atoms with Crippen LogP contribution in [-0.4, -0.2) is 30.5 Å². The highest BCUT2D eigenvalue weighted by Crippen LogP contribution is 2.20. The van der Waals surface area contributed by atoms with E-state index in [2.05, 4.69) is 5.32 Å². The topological polar surface area (TPSA) is 38.3 Å². The van der Waals surface area contributed by atoms with Crippen molar-refractivity contribution in [1.29, 1.82) is 0 Å². The number of hydrogen-bond acceptors (Lipinski definition) is 2. The Labute approximate surface area is 96.5 Å². The van der Waals surface area contributed by atoms with Crippen molar-refractivity contribution >= 4 is 17.5 Å². The van der Waals surface area contributed by atoms with Gasteiger partial charge >= 0.3 is 0 Å². The minimum absolute atomic E-state index is 0.00414. The lowest BCUT2D eigenvalue weighted by atomic mass is 10.0. The highest BCUT2D eigenvalue weighted by molar-refractivity contribution is 6.18. The minimum Gasteiger partial charge on any atom is -0.368 e. The van der Waals surface area contributed by atoms with Crippen LogP contribution in [0, 0.1) is 11.8 Å². The standard InChI is InChI=1S/C11H20ClNO2/c1-7-4-5-15-10(7)11(14)13-9(3)8(2)6-12/h7-10H,4-6H2,1-3H3,(H,13,14). The molecular weight excluding hydrogens is 214 g/mol. The molecule has 1 heterocycles. The number of carbonyl (C=O) groups excluding carboxylic acids is 1. The van der Waals surface area contributed by atoms with Crippen molar-refractivity contribution in [3.05, 3.63) is 0 Å². The first-order valence-electron chi connectivity index (χ1n) is 5.54. The normalized spacial score (nSPS) is 29.9.